The second-order valence-electron chi connectivity index (χ2n) is 6.44. The largest absolute Gasteiger partial charge is 0.467 e. The molecular weight excluding hydrogens is 352 g/mol. The predicted molar refractivity (Wildman–Crippen MR) is 101 cm³/mol. The number of carbonyl (C=O) groups is 2. The lowest BCUT2D eigenvalue weighted by atomic mass is 10.0. The molecule has 1 aliphatic rings. The molecule has 0 unspecified atom stereocenters. The van der Waals surface area contributed by atoms with Gasteiger partial charge in [-0.1, -0.05) is 0 Å². The van der Waals surface area contributed by atoms with E-state index in [2.05, 4.69) is 31.9 Å². The lowest BCUT2D eigenvalue weighted by Gasteiger charge is -2.23. The number of thiophene rings is 1. The van der Waals surface area contributed by atoms with Gasteiger partial charge in [-0.25, -0.2) is 9.59 Å². The van der Waals surface area contributed by atoms with Crippen molar-refractivity contribution in [2.45, 2.75) is 32.5 Å². The minimum atomic E-state index is -0.686. The Bertz CT molecular complexity index is 785. The molecule has 0 aromatic carbocycles. The average molecular weight is 376 g/mol. The van der Waals surface area contributed by atoms with Crippen LogP contribution in [0.2, 0.25) is 0 Å². The van der Waals surface area contributed by atoms with E-state index in [1.807, 2.05) is 24.5 Å². The van der Waals surface area contributed by atoms with E-state index in [-0.39, 0.29) is 6.03 Å². The average Bonchev–Trinajstić information content (AvgIpc) is 3.26. The monoisotopic (exact) mass is 376 g/mol. The van der Waals surface area contributed by atoms with E-state index in [1.165, 1.54) is 17.6 Å². The number of hydrogen-bond acceptors (Lipinski definition) is 5. The van der Waals surface area contributed by atoms with Crippen molar-refractivity contribution < 1.29 is 14.3 Å². The van der Waals surface area contributed by atoms with E-state index in [0.717, 1.165) is 30.1 Å². The number of likely N-dealkylation sites (N-methyl/N-ethyl adjacent to an activating group) is 1. The maximum absolute atomic E-state index is 12.1. The van der Waals surface area contributed by atoms with Crippen molar-refractivity contribution in [3.8, 4) is 5.00 Å². The van der Waals surface area contributed by atoms with Crippen LogP contribution in [0.4, 0.5) is 4.79 Å². The molecule has 0 saturated carbocycles. The second kappa shape index (κ2) is 7.92. The Balaban J connectivity index is 1.76. The Hall–Kier alpha value is -2.32. The number of hydrogen-bond donors (Lipinski definition) is 2. The lowest BCUT2D eigenvalue weighted by molar-refractivity contribution is -0.142. The zero-order valence-corrected chi connectivity index (χ0v) is 16.1. The molecular formula is C18H24N4O3S. The van der Waals surface area contributed by atoms with Crippen LogP contribution in [0.1, 0.15) is 22.9 Å². The first-order chi connectivity index (χ1) is 12.5. The summed E-state index contributed by atoms with van der Waals surface area (Å²) < 4.78 is 6.72. The van der Waals surface area contributed by atoms with Crippen molar-refractivity contribution in [3.05, 3.63) is 40.5 Å². The molecule has 26 heavy (non-hydrogen) atoms. The van der Waals surface area contributed by atoms with Crippen LogP contribution in [0, 0.1) is 0 Å². The Kier molecular flexibility index (Phi) is 5.63. The molecule has 2 N–H and O–H groups in total. The molecule has 0 radical (unpaired) electrons. The van der Waals surface area contributed by atoms with Gasteiger partial charge in [0.1, 0.15) is 11.0 Å². The van der Waals surface area contributed by atoms with Gasteiger partial charge in [0.15, 0.2) is 0 Å². The van der Waals surface area contributed by atoms with Gasteiger partial charge in [0, 0.05) is 42.5 Å². The van der Waals surface area contributed by atoms with Gasteiger partial charge in [0.05, 0.1) is 7.11 Å². The van der Waals surface area contributed by atoms with Crippen LogP contribution in [0.5, 0.6) is 0 Å². The minimum Gasteiger partial charge on any atom is -0.467 e. The van der Waals surface area contributed by atoms with Gasteiger partial charge in [-0.3, -0.25) is 0 Å². The zero-order chi connectivity index (χ0) is 18.7. The highest BCUT2D eigenvalue weighted by molar-refractivity contribution is 7.14. The quantitative estimate of drug-likeness (QED) is 0.782. The summed E-state index contributed by atoms with van der Waals surface area (Å²) in [6.07, 6.45) is 5.01. The number of nitrogens with zero attached hydrogens (tertiary/aromatic N) is 2. The summed E-state index contributed by atoms with van der Waals surface area (Å²) in [5.74, 6) is -0.468. The van der Waals surface area contributed by atoms with Crippen molar-refractivity contribution >= 4 is 23.3 Å². The molecule has 7 nitrogen and oxygen atoms in total. The van der Waals surface area contributed by atoms with Crippen molar-refractivity contribution in [1.82, 2.24) is 20.1 Å². The maximum atomic E-state index is 12.1. The summed E-state index contributed by atoms with van der Waals surface area (Å²) in [5, 5.41) is 6.61. The van der Waals surface area contributed by atoms with Crippen LogP contribution >= 0.6 is 11.3 Å². The molecule has 2 aromatic heterocycles. The summed E-state index contributed by atoms with van der Waals surface area (Å²) in [6.45, 7) is 3.95. The highest BCUT2D eigenvalue weighted by Gasteiger charge is 2.24. The van der Waals surface area contributed by atoms with Crippen molar-refractivity contribution in [1.29, 1.82) is 0 Å². The van der Waals surface area contributed by atoms with Gasteiger partial charge in [-0.15, -0.1) is 11.3 Å². The number of urea groups is 1. The van der Waals surface area contributed by atoms with Crippen molar-refractivity contribution in [2.75, 3.05) is 20.7 Å². The summed E-state index contributed by atoms with van der Waals surface area (Å²) in [6, 6.07) is 2.92. The molecule has 0 bridgehead atoms. The Morgan fingerprint density at radius 2 is 2.08 bits per heavy atom. The third-order valence-corrected chi connectivity index (χ3v) is 5.78. The van der Waals surface area contributed by atoms with Crippen LogP contribution in [-0.4, -0.2) is 48.2 Å². The summed E-state index contributed by atoms with van der Waals surface area (Å²) in [7, 11) is 3.42. The fourth-order valence-corrected chi connectivity index (χ4v) is 4.51. The van der Waals surface area contributed by atoms with E-state index >= 15 is 0 Å². The molecule has 8 heteroatoms. The van der Waals surface area contributed by atoms with Gasteiger partial charge in [0.25, 0.3) is 0 Å². The third kappa shape index (κ3) is 3.91. The number of methoxy groups -OCH3 is 1. The maximum Gasteiger partial charge on any atom is 0.328 e. The number of nitrogens with one attached hydrogen (secondary N) is 2. The first kappa shape index (κ1) is 18.5. The molecule has 3 heterocycles. The highest BCUT2D eigenvalue weighted by atomic mass is 32.1. The molecule has 0 aliphatic carbocycles. The third-order valence-electron chi connectivity index (χ3n) is 4.50. The van der Waals surface area contributed by atoms with Gasteiger partial charge in [-0.2, -0.15) is 0 Å². The summed E-state index contributed by atoms with van der Waals surface area (Å²) in [5.41, 5.74) is 2.48. The number of amides is 2. The number of aromatic nitrogens is 1. The van der Waals surface area contributed by atoms with Gasteiger partial charge in [-0.05, 0) is 38.1 Å². The van der Waals surface area contributed by atoms with Crippen LogP contribution in [0.25, 0.3) is 5.00 Å². The van der Waals surface area contributed by atoms with E-state index in [4.69, 9.17) is 0 Å². The smallest absolute Gasteiger partial charge is 0.328 e. The van der Waals surface area contributed by atoms with Gasteiger partial charge >= 0.3 is 12.0 Å². The highest BCUT2D eigenvalue weighted by Crippen LogP contribution is 2.35. The standard InChI is InChI=1S/C18H24N4O3S/c1-12(17(23)25-3)20-18(24)19-10-14-13-6-9-21(2)11-15(13)26-16(14)22-7-4-5-8-22/h4-5,7-8,12H,6,9-11H2,1-3H3,(H2,19,20,24)/t12-/m0/s1. The molecule has 2 amide bonds. The molecule has 0 saturated heterocycles. The van der Waals surface area contributed by atoms with E-state index in [0.29, 0.717) is 6.54 Å². The number of carbonyl (C=O) groups excluding carboxylic acids is 2. The van der Waals surface area contributed by atoms with Crippen LogP contribution in [-0.2, 0) is 29.0 Å². The molecule has 2 aromatic rings. The van der Waals surface area contributed by atoms with E-state index in [1.54, 1.807) is 18.3 Å². The van der Waals surface area contributed by atoms with Crippen molar-refractivity contribution in [3.63, 3.8) is 0 Å². The normalized spacial score (nSPS) is 15.2. The molecule has 0 spiro atoms. The first-order valence-electron chi connectivity index (χ1n) is 8.57. The molecule has 1 aliphatic heterocycles. The SMILES string of the molecule is COC(=O)[C@H](C)NC(=O)NCc1c(-n2cccc2)sc2c1CCN(C)C2. The first-order valence-corrected chi connectivity index (χ1v) is 9.38. The van der Waals surface area contributed by atoms with Crippen LogP contribution in [0.15, 0.2) is 24.5 Å². The Morgan fingerprint density at radius 3 is 2.77 bits per heavy atom. The predicted octanol–water partition coefficient (Wildman–Crippen LogP) is 1.89. The van der Waals surface area contributed by atoms with Gasteiger partial charge in [0.2, 0.25) is 0 Å². The van der Waals surface area contributed by atoms with Gasteiger partial charge < -0.3 is 24.8 Å². The summed E-state index contributed by atoms with van der Waals surface area (Å²) >= 11 is 1.77. The van der Waals surface area contributed by atoms with Crippen LogP contribution < -0.4 is 10.6 Å². The molecule has 0 fully saturated rings. The summed E-state index contributed by atoms with van der Waals surface area (Å²) in [4.78, 5) is 27.2. The fourth-order valence-electron chi connectivity index (χ4n) is 3.09. The van der Waals surface area contributed by atoms with E-state index in [9.17, 15) is 9.59 Å². The molecule has 3 rings (SSSR count). The van der Waals surface area contributed by atoms with Crippen molar-refractivity contribution in [2.24, 2.45) is 0 Å². The Morgan fingerprint density at radius 1 is 1.35 bits per heavy atom. The number of rotatable bonds is 5. The van der Waals surface area contributed by atoms with E-state index < -0.39 is 12.0 Å². The topological polar surface area (TPSA) is 75.6 Å². The number of esters is 1. The lowest BCUT2D eigenvalue weighted by Crippen LogP contribution is -2.44. The molecule has 140 valence electrons. The fraction of sp³-hybridized carbons (Fsp3) is 0.444. The number of fused-ring (bicyclic) bond motifs is 1. The zero-order valence-electron chi connectivity index (χ0n) is 15.2. The number of ether oxygens (including phenoxy) is 1. The second-order valence-corrected chi connectivity index (χ2v) is 7.52. The van der Waals surface area contributed by atoms with Crippen LogP contribution in [0.3, 0.4) is 0 Å². The Labute approximate surface area is 156 Å². The molecule has 1 atom stereocenters. The minimum absolute atomic E-state index is 0.380.